The number of carbonyl (C=O) groups is 3. The standard InChI is InChI=1S/C42H42N4O4/c1-6-39(48)50-46(27(3)47)38(28-13-9-8-10-14-28)24-35(43)30-21-22-42-26-41(42,25-30)34-23-29(17-19-37(34)45(42)7-2)40(49)33-18-20-36(44(4)5)32-16-12-11-15-31(32)33/h8-23,25,38,43H,6-7,24,26H2,1-5H3. The highest BCUT2D eigenvalue weighted by Gasteiger charge is 2.74. The van der Waals surface area contributed by atoms with Crippen molar-refractivity contribution < 1.29 is 19.2 Å². The third-order valence-electron chi connectivity index (χ3n) is 10.6. The van der Waals surface area contributed by atoms with E-state index in [2.05, 4.69) is 47.1 Å². The smallest absolute Gasteiger partial charge is 0.332 e. The Hall–Kier alpha value is -5.50. The Morgan fingerprint density at radius 2 is 1.66 bits per heavy atom. The number of rotatable bonds is 10. The predicted molar refractivity (Wildman–Crippen MR) is 198 cm³/mol. The third kappa shape index (κ3) is 5.13. The van der Waals surface area contributed by atoms with Gasteiger partial charge in [0.05, 0.1) is 5.54 Å². The number of fused-ring (bicyclic) bond motifs is 2. The van der Waals surface area contributed by atoms with Gasteiger partial charge in [0.1, 0.15) is 6.04 Å². The molecular weight excluding hydrogens is 624 g/mol. The van der Waals surface area contributed by atoms with Crippen LogP contribution in [0.4, 0.5) is 11.4 Å². The van der Waals surface area contributed by atoms with E-state index in [9.17, 15) is 19.8 Å². The number of nitrogens with zero attached hydrogens (tertiary/aromatic N) is 3. The fourth-order valence-corrected chi connectivity index (χ4v) is 8.13. The third-order valence-corrected chi connectivity index (χ3v) is 10.6. The summed E-state index contributed by atoms with van der Waals surface area (Å²) in [5.41, 5.74) is 5.79. The van der Waals surface area contributed by atoms with Crippen LogP contribution in [0.2, 0.25) is 0 Å². The molecule has 0 radical (unpaired) electrons. The van der Waals surface area contributed by atoms with Crippen LogP contribution in [0.25, 0.3) is 10.8 Å². The second kappa shape index (κ2) is 12.4. The summed E-state index contributed by atoms with van der Waals surface area (Å²) in [6, 6.07) is 26.8. The van der Waals surface area contributed by atoms with Gasteiger partial charge in [0, 0.05) is 79.4 Å². The maximum Gasteiger partial charge on any atom is 0.332 e. The molecule has 8 heteroatoms. The number of benzene rings is 4. The molecule has 0 saturated heterocycles. The van der Waals surface area contributed by atoms with Crippen LogP contribution < -0.4 is 9.80 Å². The van der Waals surface area contributed by atoms with Gasteiger partial charge in [-0.2, -0.15) is 5.06 Å². The van der Waals surface area contributed by atoms with Crippen molar-refractivity contribution in [2.24, 2.45) is 0 Å². The van der Waals surface area contributed by atoms with Gasteiger partial charge in [-0.3, -0.25) is 9.59 Å². The van der Waals surface area contributed by atoms with Crippen LogP contribution in [0, 0.1) is 5.41 Å². The molecule has 2 aliphatic carbocycles. The second-order valence-corrected chi connectivity index (χ2v) is 13.7. The summed E-state index contributed by atoms with van der Waals surface area (Å²) in [7, 11) is 4.01. The number of allylic oxidation sites excluding steroid dienone is 2. The minimum Gasteiger partial charge on any atom is -0.377 e. The molecule has 4 aromatic rings. The summed E-state index contributed by atoms with van der Waals surface area (Å²) in [6.07, 6.45) is 7.55. The van der Waals surface area contributed by atoms with E-state index in [1.54, 1.807) is 6.92 Å². The molecule has 0 spiro atoms. The topological polar surface area (TPSA) is 94.0 Å². The number of carbonyl (C=O) groups excluding carboxylic acids is 3. The molecule has 254 valence electrons. The van der Waals surface area contributed by atoms with Crippen LogP contribution in [0.1, 0.15) is 73.1 Å². The number of ketones is 1. The van der Waals surface area contributed by atoms with Gasteiger partial charge >= 0.3 is 5.97 Å². The van der Waals surface area contributed by atoms with Crippen molar-refractivity contribution in [1.82, 2.24) is 5.06 Å². The highest BCUT2D eigenvalue weighted by Crippen LogP contribution is 2.72. The van der Waals surface area contributed by atoms with E-state index < -0.39 is 17.9 Å². The normalized spacial score (nSPS) is 20.3. The zero-order valence-electron chi connectivity index (χ0n) is 29.2. The van der Waals surface area contributed by atoms with Crippen molar-refractivity contribution >= 4 is 45.5 Å². The number of nitrogens with one attached hydrogen (secondary N) is 1. The van der Waals surface area contributed by atoms with Crippen molar-refractivity contribution in [2.75, 3.05) is 30.4 Å². The zero-order chi connectivity index (χ0) is 35.4. The molecule has 4 aromatic carbocycles. The molecule has 50 heavy (non-hydrogen) atoms. The Morgan fingerprint density at radius 1 is 0.940 bits per heavy atom. The summed E-state index contributed by atoms with van der Waals surface area (Å²) in [4.78, 5) is 49.4. The number of hydrogen-bond acceptors (Lipinski definition) is 7. The molecule has 1 fully saturated rings. The van der Waals surface area contributed by atoms with Crippen molar-refractivity contribution in [3.8, 4) is 0 Å². The van der Waals surface area contributed by atoms with Gasteiger partial charge in [-0.25, -0.2) is 4.79 Å². The van der Waals surface area contributed by atoms with Crippen molar-refractivity contribution in [3.63, 3.8) is 0 Å². The van der Waals surface area contributed by atoms with Crippen LogP contribution in [0.15, 0.2) is 109 Å². The lowest BCUT2D eigenvalue weighted by atomic mass is 9.83. The van der Waals surface area contributed by atoms with Gasteiger partial charge in [0.25, 0.3) is 5.91 Å². The Labute approximate surface area is 293 Å². The van der Waals surface area contributed by atoms with Gasteiger partial charge in [0.15, 0.2) is 5.78 Å². The fraction of sp³-hybridized carbons (Fsp3) is 0.286. The predicted octanol–water partition coefficient (Wildman–Crippen LogP) is 7.72. The van der Waals surface area contributed by atoms with Crippen molar-refractivity contribution in [2.45, 2.75) is 57.0 Å². The van der Waals surface area contributed by atoms with Crippen LogP contribution in [-0.2, 0) is 19.8 Å². The fourth-order valence-electron chi connectivity index (χ4n) is 8.13. The zero-order valence-corrected chi connectivity index (χ0v) is 29.2. The quantitative estimate of drug-likeness (QED) is 0.106. The molecule has 1 aliphatic heterocycles. The van der Waals surface area contributed by atoms with Gasteiger partial charge in [0.2, 0.25) is 0 Å². The monoisotopic (exact) mass is 666 g/mol. The molecule has 0 bridgehead atoms. The van der Waals surface area contributed by atoms with Crippen molar-refractivity contribution in [1.29, 1.82) is 5.41 Å². The minimum absolute atomic E-state index is 0.0214. The van der Waals surface area contributed by atoms with E-state index >= 15 is 0 Å². The van der Waals surface area contributed by atoms with Crippen molar-refractivity contribution in [3.05, 3.63) is 131 Å². The van der Waals surface area contributed by atoms with E-state index in [0.717, 1.165) is 56.9 Å². The number of amides is 1. The first-order valence-electron chi connectivity index (χ1n) is 17.3. The first-order valence-corrected chi connectivity index (χ1v) is 17.3. The van der Waals surface area contributed by atoms with Gasteiger partial charge in [-0.15, -0.1) is 0 Å². The average Bonchev–Trinajstić information content (AvgIpc) is 3.76. The van der Waals surface area contributed by atoms with E-state index in [-0.39, 0.29) is 29.6 Å². The average molecular weight is 667 g/mol. The minimum atomic E-state index is -0.671. The number of hydroxylamine groups is 2. The summed E-state index contributed by atoms with van der Waals surface area (Å²) in [5.74, 6) is -0.946. The Balaban J connectivity index is 1.25. The molecule has 3 unspecified atom stereocenters. The number of hydrogen-bond donors (Lipinski definition) is 1. The molecule has 3 aliphatic rings. The summed E-state index contributed by atoms with van der Waals surface area (Å²) in [6.45, 7) is 6.00. The number of likely N-dealkylation sites (N-methyl/N-ethyl adjacent to an activating group) is 1. The number of anilines is 2. The summed E-state index contributed by atoms with van der Waals surface area (Å²) >= 11 is 0. The SMILES string of the molecule is CCC(=O)ON(C(C)=O)C(CC(=N)C1=CC23CC2(C=C1)N(CC)c1ccc(C(=O)c2ccc(N(C)C)c4ccccc24)cc13)c1ccccc1. The van der Waals surface area contributed by atoms with Crippen LogP contribution in [0.5, 0.6) is 0 Å². The molecule has 1 amide bonds. The molecule has 0 aromatic heterocycles. The lowest BCUT2D eigenvalue weighted by Crippen LogP contribution is -2.38. The maximum absolute atomic E-state index is 14.3. The lowest BCUT2D eigenvalue weighted by Gasteiger charge is -2.31. The van der Waals surface area contributed by atoms with E-state index in [1.807, 2.05) is 86.9 Å². The molecule has 3 atom stereocenters. The lowest BCUT2D eigenvalue weighted by molar-refractivity contribution is -0.206. The molecule has 1 saturated carbocycles. The van der Waals surface area contributed by atoms with Gasteiger partial charge in [-0.05, 0) is 65.8 Å². The maximum atomic E-state index is 14.3. The molecule has 7 rings (SSSR count). The Bertz CT molecular complexity index is 2120. The second-order valence-electron chi connectivity index (χ2n) is 13.7. The van der Waals surface area contributed by atoms with E-state index in [1.165, 1.54) is 6.92 Å². The highest BCUT2D eigenvalue weighted by molar-refractivity contribution is 6.18. The Morgan fingerprint density at radius 3 is 2.34 bits per heavy atom. The molecule has 1 N–H and O–H groups in total. The first kappa shape index (κ1) is 33.0. The molecular formula is C42H42N4O4. The van der Waals surface area contributed by atoms with E-state index in [4.69, 9.17) is 4.84 Å². The Kier molecular flexibility index (Phi) is 8.21. The molecule has 8 nitrogen and oxygen atoms in total. The van der Waals surface area contributed by atoms with Crippen LogP contribution in [-0.4, -0.2) is 54.6 Å². The van der Waals surface area contributed by atoms with Gasteiger partial charge in [-0.1, -0.05) is 79.7 Å². The largest absolute Gasteiger partial charge is 0.377 e. The van der Waals surface area contributed by atoms with Crippen LogP contribution >= 0.6 is 0 Å². The molecule has 1 heterocycles. The first-order chi connectivity index (χ1) is 24.0. The van der Waals surface area contributed by atoms with Gasteiger partial charge < -0.3 is 20.0 Å². The van der Waals surface area contributed by atoms with E-state index in [0.29, 0.717) is 16.8 Å². The summed E-state index contributed by atoms with van der Waals surface area (Å²) in [5, 5.41) is 12.4. The van der Waals surface area contributed by atoms with Crippen LogP contribution in [0.3, 0.4) is 0 Å². The highest BCUT2D eigenvalue weighted by atomic mass is 16.7. The summed E-state index contributed by atoms with van der Waals surface area (Å²) < 4.78 is 0.